The molecule has 0 aromatic rings. The van der Waals surface area contributed by atoms with Crippen LogP contribution in [0.4, 0.5) is 0 Å². The third-order valence-corrected chi connectivity index (χ3v) is 7.11. The van der Waals surface area contributed by atoms with Gasteiger partial charge in [-0.05, 0) is 19.9 Å². The van der Waals surface area contributed by atoms with Crippen LogP contribution in [0.3, 0.4) is 0 Å². The lowest BCUT2D eigenvalue weighted by atomic mass is 10.2. The van der Waals surface area contributed by atoms with Crippen molar-refractivity contribution in [2.75, 3.05) is 38.7 Å². The van der Waals surface area contributed by atoms with E-state index in [2.05, 4.69) is 5.32 Å². The fraction of sp³-hybridized carbons (Fsp3) is 1.00. The van der Waals surface area contributed by atoms with Gasteiger partial charge < -0.3 is 5.32 Å². The Labute approximate surface area is 103 Å². The van der Waals surface area contributed by atoms with Crippen LogP contribution in [0.1, 0.15) is 12.8 Å². The quantitative estimate of drug-likeness (QED) is 0.703. The minimum absolute atomic E-state index is 0.0171. The van der Waals surface area contributed by atoms with Crippen molar-refractivity contribution in [3.8, 4) is 0 Å². The summed E-state index contributed by atoms with van der Waals surface area (Å²) in [7, 11) is -3.07. The van der Waals surface area contributed by atoms with Crippen molar-refractivity contribution in [3.63, 3.8) is 0 Å². The Hall–Kier alpha value is -0.180. The van der Waals surface area contributed by atoms with Gasteiger partial charge in [0.1, 0.15) is 9.84 Å². The zero-order valence-electron chi connectivity index (χ0n) is 10.2. The van der Waals surface area contributed by atoms with Crippen molar-refractivity contribution in [2.24, 2.45) is 0 Å². The van der Waals surface area contributed by atoms with E-state index < -0.39 is 25.1 Å². The summed E-state index contributed by atoms with van der Waals surface area (Å²) in [6.07, 6.45) is 0.434. The molecule has 8 heteroatoms. The van der Waals surface area contributed by atoms with Gasteiger partial charge in [0.25, 0.3) is 0 Å². The van der Waals surface area contributed by atoms with Gasteiger partial charge in [-0.25, -0.2) is 21.1 Å². The van der Waals surface area contributed by atoms with Crippen LogP contribution in [0.5, 0.6) is 0 Å². The summed E-state index contributed by atoms with van der Waals surface area (Å²) in [6.45, 7) is 0.989. The highest BCUT2D eigenvalue weighted by Crippen LogP contribution is 2.21. The lowest BCUT2D eigenvalue weighted by molar-refractivity contribution is 0.449. The maximum absolute atomic E-state index is 12.1. The molecule has 1 N–H and O–H groups in total. The van der Waals surface area contributed by atoms with E-state index in [9.17, 15) is 16.8 Å². The van der Waals surface area contributed by atoms with Crippen molar-refractivity contribution in [2.45, 2.75) is 18.1 Å². The number of nitrogens with one attached hydrogen (secondary N) is 1. The van der Waals surface area contributed by atoms with E-state index in [0.717, 1.165) is 0 Å². The molecule has 1 fully saturated rings. The molecule has 0 aromatic heterocycles. The molecule has 1 aliphatic heterocycles. The highest BCUT2D eigenvalue weighted by molar-refractivity contribution is 7.92. The van der Waals surface area contributed by atoms with Crippen LogP contribution >= 0.6 is 0 Å². The molecule has 0 saturated carbocycles. The minimum atomic E-state index is -3.36. The Kier molecular flexibility index (Phi) is 4.94. The lowest BCUT2D eigenvalue weighted by Gasteiger charge is -2.27. The largest absolute Gasteiger partial charge is 0.318 e. The molecule has 0 unspecified atom stereocenters. The number of hydrogen-bond donors (Lipinski definition) is 1. The predicted octanol–water partition coefficient (Wildman–Crippen LogP) is -0.955. The predicted molar refractivity (Wildman–Crippen MR) is 67.2 cm³/mol. The van der Waals surface area contributed by atoms with Crippen molar-refractivity contribution in [3.05, 3.63) is 0 Å². The van der Waals surface area contributed by atoms with E-state index in [1.165, 1.54) is 11.4 Å². The third kappa shape index (κ3) is 3.90. The average molecular weight is 284 g/mol. The van der Waals surface area contributed by atoms with Crippen LogP contribution in [-0.4, -0.2) is 65.1 Å². The number of sulfone groups is 1. The molecule has 1 saturated heterocycles. The Morgan fingerprint density at radius 3 is 2.29 bits per heavy atom. The van der Waals surface area contributed by atoms with E-state index in [1.54, 1.807) is 7.05 Å². The topological polar surface area (TPSA) is 83.6 Å². The molecular weight excluding hydrogens is 264 g/mol. The van der Waals surface area contributed by atoms with Crippen LogP contribution in [0.15, 0.2) is 0 Å². The smallest absolute Gasteiger partial charge is 0.216 e. The van der Waals surface area contributed by atoms with Gasteiger partial charge in [-0.1, -0.05) is 0 Å². The van der Waals surface area contributed by atoms with Crippen molar-refractivity contribution < 1.29 is 16.8 Å². The fourth-order valence-corrected chi connectivity index (χ4v) is 5.29. The van der Waals surface area contributed by atoms with Crippen LogP contribution in [0, 0.1) is 0 Å². The Bertz CT molecular complexity index is 430. The summed E-state index contributed by atoms with van der Waals surface area (Å²) < 4.78 is 48.0. The molecule has 0 aromatic carbocycles. The first-order chi connectivity index (χ1) is 7.79. The van der Waals surface area contributed by atoms with Crippen molar-refractivity contribution in [1.29, 1.82) is 0 Å². The summed E-state index contributed by atoms with van der Waals surface area (Å²) in [5.74, 6) is -0.0342. The SMILES string of the molecule is CNCCN(C)S(=O)(=O)C1CCS(=O)(=O)CC1. The molecule has 102 valence electrons. The molecule has 6 nitrogen and oxygen atoms in total. The average Bonchev–Trinajstić information content (AvgIpc) is 2.25. The minimum Gasteiger partial charge on any atom is -0.318 e. The Balaban J connectivity index is 2.66. The maximum Gasteiger partial charge on any atom is 0.216 e. The van der Waals surface area contributed by atoms with Crippen molar-refractivity contribution in [1.82, 2.24) is 9.62 Å². The summed E-state index contributed by atoms with van der Waals surface area (Å²) in [6, 6.07) is 0. The monoisotopic (exact) mass is 284 g/mol. The van der Waals surface area contributed by atoms with E-state index >= 15 is 0 Å². The Morgan fingerprint density at radius 1 is 1.29 bits per heavy atom. The maximum atomic E-state index is 12.1. The molecule has 17 heavy (non-hydrogen) atoms. The molecule has 0 spiro atoms. The second-order valence-corrected chi connectivity index (χ2v) is 8.94. The highest BCUT2D eigenvalue weighted by Gasteiger charge is 2.34. The van der Waals surface area contributed by atoms with Crippen LogP contribution < -0.4 is 5.32 Å². The van der Waals surface area contributed by atoms with Gasteiger partial charge in [-0.2, -0.15) is 0 Å². The van der Waals surface area contributed by atoms with Gasteiger partial charge in [-0.15, -0.1) is 0 Å². The first kappa shape index (κ1) is 14.9. The van der Waals surface area contributed by atoms with Gasteiger partial charge in [0.15, 0.2) is 0 Å². The van der Waals surface area contributed by atoms with Crippen molar-refractivity contribution >= 4 is 19.9 Å². The molecule has 1 aliphatic rings. The van der Waals surface area contributed by atoms with Crippen LogP contribution in [-0.2, 0) is 19.9 Å². The molecule has 0 aliphatic carbocycles. The van der Waals surface area contributed by atoms with E-state index in [0.29, 0.717) is 13.1 Å². The number of hydrogen-bond acceptors (Lipinski definition) is 5. The van der Waals surface area contributed by atoms with Gasteiger partial charge in [-0.3, -0.25) is 0 Å². The molecular formula is C9H20N2O4S2. The van der Waals surface area contributed by atoms with Gasteiger partial charge >= 0.3 is 0 Å². The highest BCUT2D eigenvalue weighted by atomic mass is 32.2. The molecule has 1 heterocycles. The second kappa shape index (κ2) is 5.64. The van der Waals surface area contributed by atoms with E-state index in [1.807, 2.05) is 0 Å². The van der Waals surface area contributed by atoms with E-state index in [-0.39, 0.29) is 24.3 Å². The molecule has 0 radical (unpaired) electrons. The number of rotatable bonds is 5. The standard InChI is InChI=1S/C9H20N2O4S2/c1-10-5-6-11(2)17(14,15)9-3-7-16(12,13)8-4-9/h9-10H,3-8H2,1-2H3. The van der Waals surface area contributed by atoms with Gasteiger partial charge in [0, 0.05) is 20.1 Å². The summed E-state index contributed by atoms with van der Waals surface area (Å²) >= 11 is 0. The summed E-state index contributed by atoms with van der Waals surface area (Å²) in [4.78, 5) is 0. The lowest BCUT2D eigenvalue weighted by Crippen LogP contribution is -2.42. The second-order valence-electron chi connectivity index (χ2n) is 4.32. The van der Waals surface area contributed by atoms with Crippen LogP contribution in [0.25, 0.3) is 0 Å². The fourth-order valence-electron chi connectivity index (χ4n) is 1.82. The summed E-state index contributed by atoms with van der Waals surface area (Å²) in [5, 5.41) is 2.34. The van der Waals surface area contributed by atoms with E-state index in [4.69, 9.17) is 0 Å². The third-order valence-electron chi connectivity index (χ3n) is 3.03. The first-order valence-electron chi connectivity index (χ1n) is 5.60. The molecule has 0 amide bonds. The molecule has 1 rings (SSSR count). The zero-order chi connectivity index (χ0) is 13.1. The molecule has 0 bridgehead atoms. The van der Waals surface area contributed by atoms with Gasteiger partial charge in [0.05, 0.1) is 16.8 Å². The first-order valence-corrected chi connectivity index (χ1v) is 8.92. The summed E-state index contributed by atoms with van der Waals surface area (Å²) in [5.41, 5.74) is 0. The van der Waals surface area contributed by atoms with Gasteiger partial charge in [0.2, 0.25) is 10.0 Å². The zero-order valence-corrected chi connectivity index (χ0v) is 11.8. The number of sulfonamides is 1. The number of likely N-dealkylation sites (N-methyl/N-ethyl adjacent to an activating group) is 2. The normalized spacial score (nSPS) is 21.8. The number of nitrogens with zero attached hydrogens (tertiary/aromatic N) is 1. The molecule has 0 atom stereocenters. The Morgan fingerprint density at radius 2 is 1.82 bits per heavy atom. The van der Waals surface area contributed by atoms with Crippen LogP contribution in [0.2, 0.25) is 0 Å².